The maximum absolute atomic E-state index is 14.0. The second kappa shape index (κ2) is 22.9. The zero-order chi connectivity index (χ0) is 45.5. The zero-order valence-corrected chi connectivity index (χ0v) is 33.7. The highest BCUT2D eigenvalue weighted by atomic mass is 31.2. The number of primary amides is 1. The van der Waals surface area contributed by atoms with E-state index >= 15 is 0 Å². The van der Waals surface area contributed by atoms with Crippen LogP contribution in [0.1, 0.15) is 71.3 Å². The monoisotopic (exact) mass is 871 g/mol. The molecule has 7 amide bonds. The van der Waals surface area contributed by atoms with Crippen molar-refractivity contribution in [3.05, 3.63) is 29.8 Å². The SMILES string of the molecule is CC(=O)N1CCC[C@H]1C(=O)N[C@@H](CC(=O)O)C(=O)N[C@@H](Cc1ccc(OP(=O)(O)O)cc1)C(=O)N[C@@H](CCC(=O)O)C(=O)N[C@@H](CC(N)=O)C(=O)N[C@@H](CC(C)C)C(=O)O. The molecule has 1 saturated heterocycles. The van der Waals surface area contributed by atoms with Crippen molar-refractivity contribution in [1.82, 2.24) is 31.5 Å². The molecule has 25 heteroatoms. The second-order valence-electron chi connectivity index (χ2n) is 14.3. The zero-order valence-electron chi connectivity index (χ0n) is 32.8. The Balaban J connectivity index is 2.49. The topological polar surface area (TPSA) is 388 Å². The molecule has 0 bridgehead atoms. The number of hydrogen-bond acceptors (Lipinski definition) is 12. The van der Waals surface area contributed by atoms with Crippen molar-refractivity contribution in [2.45, 2.75) is 108 Å². The van der Waals surface area contributed by atoms with Crippen LogP contribution in [-0.2, 0) is 58.9 Å². The quantitative estimate of drug-likeness (QED) is 0.0478. The van der Waals surface area contributed by atoms with E-state index in [2.05, 4.69) is 31.1 Å². The van der Waals surface area contributed by atoms with Gasteiger partial charge in [-0.15, -0.1) is 0 Å². The number of rotatable bonds is 24. The minimum atomic E-state index is -4.98. The molecule has 0 aromatic heterocycles. The first-order valence-electron chi connectivity index (χ1n) is 18.4. The van der Waals surface area contributed by atoms with Crippen LogP contribution in [-0.4, -0.2) is 132 Å². The summed E-state index contributed by atoms with van der Waals surface area (Å²) in [5, 5.41) is 39.8. The Kier molecular flexibility index (Phi) is 19.1. The number of benzene rings is 1. The lowest BCUT2D eigenvalue weighted by atomic mass is 10.0. The van der Waals surface area contributed by atoms with Crippen molar-refractivity contribution in [2.75, 3.05) is 6.54 Å². The highest BCUT2D eigenvalue weighted by Gasteiger charge is 2.37. The van der Waals surface area contributed by atoms with Gasteiger partial charge in [0.2, 0.25) is 41.4 Å². The minimum Gasteiger partial charge on any atom is -0.481 e. The number of nitrogens with one attached hydrogen (secondary N) is 5. The minimum absolute atomic E-state index is 0.0451. The van der Waals surface area contributed by atoms with E-state index < -0.39 is 135 Å². The first kappa shape index (κ1) is 50.0. The maximum Gasteiger partial charge on any atom is 0.524 e. The molecule has 1 aliphatic rings. The molecule has 1 heterocycles. The van der Waals surface area contributed by atoms with Crippen molar-refractivity contribution in [3.63, 3.8) is 0 Å². The first-order chi connectivity index (χ1) is 27.9. The number of nitrogens with zero attached hydrogens (tertiary/aromatic N) is 1. The lowest BCUT2D eigenvalue weighted by Crippen LogP contribution is -2.60. The molecule has 332 valence electrons. The van der Waals surface area contributed by atoms with E-state index in [1.165, 1.54) is 24.0 Å². The molecule has 12 N–H and O–H groups in total. The molecule has 0 unspecified atom stereocenters. The van der Waals surface area contributed by atoms with Crippen LogP contribution >= 0.6 is 7.82 Å². The van der Waals surface area contributed by atoms with Gasteiger partial charge in [0, 0.05) is 26.3 Å². The summed E-state index contributed by atoms with van der Waals surface area (Å²) in [6.45, 7) is 4.80. The number of amides is 7. The summed E-state index contributed by atoms with van der Waals surface area (Å²) in [5.74, 6) is -12.2. The summed E-state index contributed by atoms with van der Waals surface area (Å²) in [7, 11) is -4.98. The molecule has 1 aromatic rings. The van der Waals surface area contributed by atoms with Gasteiger partial charge in [-0.2, -0.15) is 0 Å². The van der Waals surface area contributed by atoms with Gasteiger partial charge in [-0.25, -0.2) is 9.36 Å². The van der Waals surface area contributed by atoms with E-state index in [1.54, 1.807) is 13.8 Å². The number of hydrogen-bond donors (Lipinski definition) is 11. The third-order valence-electron chi connectivity index (χ3n) is 8.83. The molecular weight excluding hydrogens is 821 g/mol. The molecule has 0 aliphatic carbocycles. The predicted octanol–water partition coefficient (Wildman–Crippen LogP) is -2.52. The van der Waals surface area contributed by atoms with Crippen molar-refractivity contribution < 1.29 is 82.1 Å². The highest BCUT2D eigenvalue weighted by molar-refractivity contribution is 7.46. The van der Waals surface area contributed by atoms with E-state index in [4.69, 9.17) is 15.5 Å². The first-order valence-corrected chi connectivity index (χ1v) is 20.0. The van der Waals surface area contributed by atoms with E-state index in [9.17, 15) is 67.8 Å². The molecule has 6 atom stereocenters. The lowest BCUT2D eigenvalue weighted by Gasteiger charge is -2.27. The van der Waals surface area contributed by atoms with Gasteiger partial charge in [0.15, 0.2) is 0 Å². The van der Waals surface area contributed by atoms with Gasteiger partial charge in [0.25, 0.3) is 0 Å². The van der Waals surface area contributed by atoms with E-state index in [0.717, 1.165) is 12.1 Å². The van der Waals surface area contributed by atoms with Gasteiger partial charge >= 0.3 is 25.7 Å². The largest absolute Gasteiger partial charge is 0.524 e. The molecule has 0 spiro atoms. The number of carbonyl (C=O) groups is 10. The van der Waals surface area contributed by atoms with E-state index in [0.29, 0.717) is 6.42 Å². The Morgan fingerprint density at radius 1 is 0.767 bits per heavy atom. The average molecular weight is 872 g/mol. The van der Waals surface area contributed by atoms with Crippen molar-refractivity contribution in [1.29, 1.82) is 0 Å². The molecule has 60 heavy (non-hydrogen) atoms. The highest BCUT2D eigenvalue weighted by Crippen LogP contribution is 2.37. The Bertz CT molecular complexity index is 1840. The summed E-state index contributed by atoms with van der Waals surface area (Å²) in [6, 6.07) is -5.04. The summed E-state index contributed by atoms with van der Waals surface area (Å²) < 4.78 is 15.8. The number of phosphoric acid groups is 1. The number of phosphoric ester groups is 1. The second-order valence-corrected chi connectivity index (χ2v) is 15.4. The number of likely N-dealkylation sites (tertiary alicyclic amines) is 1. The lowest BCUT2D eigenvalue weighted by molar-refractivity contribution is -0.143. The van der Waals surface area contributed by atoms with Gasteiger partial charge in [0.1, 0.15) is 42.0 Å². The Morgan fingerprint density at radius 3 is 1.78 bits per heavy atom. The molecule has 0 saturated carbocycles. The molecule has 1 aliphatic heterocycles. The smallest absolute Gasteiger partial charge is 0.481 e. The fourth-order valence-corrected chi connectivity index (χ4v) is 6.46. The van der Waals surface area contributed by atoms with Gasteiger partial charge in [-0.05, 0) is 49.3 Å². The number of aliphatic carboxylic acids is 3. The van der Waals surface area contributed by atoms with E-state index in [1.807, 2.05) is 0 Å². The number of carboxylic acid groups (broad SMARTS) is 3. The van der Waals surface area contributed by atoms with Crippen molar-refractivity contribution >= 4 is 67.1 Å². The Hall–Kier alpha value is -6.13. The van der Waals surface area contributed by atoms with Gasteiger partial charge in [-0.3, -0.25) is 52.9 Å². The summed E-state index contributed by atoms with van der Waals surface area (Å²) >= 11 is 0. The van der Waals surface area contributed by atoms with Crippen molar-refractivity contribution in [2.24, 2.45) is 11.7 Å². The molecule has 1 fully saturated rings. The summed E-state index contributed by atoms with van der Waals surface area (Å²) in [5.41, 5.74) is 5.45. The fraction of sp³-hybridized carbons (Fsp3) is 0.543. The summed E-state index contributed by atoms with van der Waals surface area (Å²) in [4.78, 5) is 146. The molecular formula is C35H50N7O17P. The van der Waals surface area contributed by atoms with Gasteiger partial charge < -0.3 is 57.1 Å². The van der Waals surface area contributed by atoms with Crippen LogP contribution in [0.4, 0.5) is 0 Å². The summed E-state index contributed by atoms with van der Waals surface area (Å²) in [6.07, 6.45) is -3.15. The van der Waals surface area contributed by atoms with Crippen LogP contribution in [0.2, 0.25) is 0 Å². The standard InChI is InChI=1S/C35H50N7O17P/c1-17(2)13-25(35(54)55)41-32(51)23(15-27(36)44)39-30(49)21(10-11-28(45)46)37-31(50)22(14-19-6-8-20(9-7-19)59-60(56,57)58)38-33(52)24(16-29(47)48)40-34(53)26-5-4-12-42(26)18(3)43/h6-9,17,21-26H,4-5,10-16H2,1-3H3,(H2,36,44)(H,37,50)(H,38,52)(H,39,49)(H,40,53)(H,41,51)(H,45,46)(H,47,48)(H,54,55)(H2,56,57,58)/t21-,22-,23-,24-,25-,26-/m0/s1. The third kappa shape index (κ3) is 17.4. The van der Waals surface area contributed by atoms with Crippen LogP contribution < -0.4 is 36.8 Å². The molecule has 2 rings (SSSR count). The fourth-order valence-electron chi connectivity index (χ4n) is 6.07. The Labute approximate surface area is 342 Å². The van der Waals surface area contributed by atoms with Gasteiger partial charge in [-0.1, -0.05) is 26.0 Å². The molecule has 0 radical (unpaired) electrons. The number of carbonyl (C=O) groups excluding carboxylic acids is 7. The van der Waals surface area contributed by atoms with Crippen LogP contribution in [0.5, 0.6) is 5.75 Å². The van der Waals surface area contributed by atoms with Gasteiger partial charge in [0.05, 0.1) is 12.8 Å². The average Bonchev–Trinajstić information content (AvgIpc) is 3.62. The maximum atomic E-state index is 14.0. The molecule has 1 aromatic carbocycles. The van der Waals surface area contributed by atoms with Crippen molar-refractivity contribution in [3.8, 4) is 5.75 Å². The Morgan fingerprint density at radius 2 is 1.28 bits per heavy atom. The number of carboxylic acids is 3. The number of nitrogens with two attached hydrogens (primary N) is 1. The van der Waals surface area contributed by atoms with E-state index in [-0.39, 0.29) is 36.6 Å². The predicted molar refractivity (Wildman–Crippen MR) is 203 cm³/mol. The van der Waals surface area contributed by atoms with Crippen LogP contribution in [0, 0.1) is 5.92 Å². The normalized spacial score (nSPS) is 16.2. The molecule has 24 nitrogen and oxygen atoms in total. The van der Waals surface area contributed by atoms with Crippen LogP contribution in [0.3, 0.4) is 0 Å². The third-order valence-corrected chi connectivity index (χ3v) is 9.28. The van der Waals surface area contributed by atoms with Crippen LogP contribution in [0.25, 0.3) is 0 Å². The van der Waals surface area contributed by atoms with Crippen LogP contribution in [0.15, 0.2) is 24.3 Å².